The van der Waals surface area contributed by atoms with Crippen molar-refractivity contribution in [2.24, 2.45) is 5.92 Å². The Labute approximate surface area is 179 Å². The van der Waals surface area contributed by atoms with Gasteiger partial charge in [-0.2, -0.15) is 0 Å². The Morgan fingerprint density at radius 1 is 1.13 bits per heavy atom. The maximum atomic E-state index is 12.5. The summed E-state index contributed by atoms with van der Waals surface area (Å²) >= 11 is 0. The smallest absolute Gasteiger partial charge is 0.251 e. The number of piperidine rings is 1. The van der Waals surface area contributed by atoms with Crippen LogP contribution in [0.2, 0.25) is 0 Å². The first-order valence-electron chi connectivity index (χ1n) is 11.1. The van der Waals surface area contributed by atoms with Gasteiger partial charge in [0.2, 0.25) is 0 Å². The first-order chi connectivity index (χ1) is 14.8. The molecule has 158 valence electrons. The van der Waals surface area contributed by atoms with Gasteiger partial charge < -0.3 is 15.0 Å². The van der Waals surface area contributed by atoms with Crippen molar-refractivity contribution in [2.75, 3.05) is 19.6 Å². The molecule has 2 aliphatic rings. The number of carbonyl (C=O) groups is 1. The van der Waals surface area contributed by atoms with Gasteiger partial charge >= 0.3 is 0 Å². The number of carbonyl (C=O) groups excluding carboxylic acids is 1. The molecular formula is C25H31N3O2. The maximum Gasteiger partial charge on any atom is 0.251 e. The fraction of sp³-hybridized carbons (Fsp3) is 0.440. The standard InChI is InChI=1S/C25H31N3O2/c29-25(27-18-21-8-5-13-26-17-21)22-9-4-10-24(16-22)30-23-11-14-28(15-12-23)19-20-6-2-1-3-7-20/h1-2,4-5,8-10,13,16-17,20,23H,3,6-7,11-12,14-15,18-19H2,(H,27,29)/t20-/m0/s1. The second-order valence-electron chi connectivity index (χ2n) is 8.34. The first-order valence-corrected chi connectivity index (χ1v) is 11.1. The molecule has 1 aliphatic carbocycles. The van der Waals surface area contributed by atoms with E-state index < -0.39 is 0 Å². The van der Waals surface area contributed by atoms with Crippen molar-refractivity contribution < 1.29 is 9.53 Å². The molecule has 1 aromatic carbocycles. The number of rotatable bonds is 7. The summed E-state index contributed by atoms with van der Waals surface area (Å²) in [6.45, 7) is 3.86. The van der Waals surface area contributed by atoms with Crippen molar-refractivity contribution in [3.8, 4) is 5.75 Å². The second-order valence-corrected chi connectivity index (χ2v) is 8.34. The van der Waals surface area contributed by atoms with E-state index in [0.29, 0.717) is 12.1 Å². The monoisotopic (exact) mass is 405 g/mol. The van der Waals surface area contributed by atoms with Gasteiger partial charge in [-0.15, -0.1) is 0 Å². The van der Waals surface area contributed by atoms with Crippen LogP contribution in [0.4, 0.5) is 0 Å². The molecule has 0 bridgehead atoms. The molecule has 0 radical (unpaired) electrons. The normalized spacial score (nSPS) is 20.1. The number of hydrogen-bond acceptors (Lipinski definition) is 4. The number of benzene rings is 1. The highest BCUT2D eigenvalue weighted by Gasteiger charge is 2.23. The van der Waals surface area contributed by atoms with Crippen molar-refractivity contribution in [1.82, 2.24) is 15.2 Å². The van der Waals surface area contributed by atoms with Gasteiger partial charge in [-0.05, 0) is 67.9 Å². The molecule has 5 nitrogen and oxygen atoms in total. The molecule has 0 spiro atoms. The minimum absolute atomic E-state index is 0.0966. The van der Waals surface area contributed by atoms with Gasteiger partial charge in [0, 0.05) is 44.1 Å². The molecule has 1 aliphatic heterocycles. The number of pyridine rings is 1. The predicted molar refractivity (Wildman–Crippen MR) is 118 cm³/mol. The van der Waals surface area contributed by atoms with Gasteiger partial charge in [-0.25, -0.2) is 0 Å². The minimum Gasteiger partial charge on any atom is -0.490 e. The van der Waals surface area contributed by atoms with E-state index in [9.17, 15) is 4.79 Å². The zero-order valence-corrected chi connectivity index (χ0v) is 17.5. The Morgan fingerprint density at radius 3 is 2.80 bits per heavy atom. The largest absolute Gasteiger partial charge is 0.490 e. The molecular weight excluding hydrogens is 374 g/mol. The molecule has 2 heterocycles. The van der Waals surface area contributed by atoms with E-state index in [4.69, 9.17) is 4.74 Å². The van der Waals surface area contributed by atoms with Gasteiger partial charge in [0.1, 0.15) is 11.9 Å². The summed E-state index contributed by atoms with van der Waals surface area (Å²) in [5.74, 6) is 1.50. The number of ether oxygens (including phenoxy) is 1. The lowest BCUT2D eigenvalue weighted by Crippen LogP contribution is -2.40. The molecule has 5 heteroatoms. The highest BCUT2D eigenvalue weighted by atomic mass is 16.5. The number of hydrogen-bond donors (Lipinski definition) is 1. The molecule has 1 fully saturated rings. The Balaban J connectivity index is 1.24. The van der Waals surface area contributed by atoms with Crippen molar-refractivity contribution in [1.29, 1.82) is 0 Å². The average Bonchev–Trinajstić information content (AvgIpc) is 2.80. The van der Waals surface area contributed by atoms with Crippen molar-refractivity contribution in [3.63, 3.8) is 0 Å². The van der Waals surface area contributed by atoms with Gasteiger partial charge in [-0.3, -0.25) is 9.78 Å². The zero-order chi connectivity index (χ0) is 20.6. The van der Waals surface area contributed by atoms with E-state index in [-0.39, 0.29) is 12.0 Å². The highest BCUT2D eigenvalue weighted by Crippen LogP contribution is 2.24. The Bertz CT molecular complexity index is 844. The van der Waals surface area contributed by atoms with Crippen molar-refractivity contribution in [3.05, 3.63) is 72.1 Å². The summed E-state index contributed by atoms with van der Waals surface area (Å²) in [7, 11) is 0. The van der Waals surface area contributed by atoms with Crippen molar-refractivity contribution >= 4 is 5.91 Å². The second kappa shape index (κ2) is 10.4. The topological polar surface area (TPSA) is 54.5 Å². The lowest BCUT2D eigenvalue weighted by atomic mass is 9.93. The van der Waals surface area contributed by atoms with Gasteiger partial charge in [0.15, 0.2) is 0 Å². The van der Waals surface area contributed by atoms with Crippen LogP contribution in [0.5, 0.6) is 5.75 Å². The average molecular weight is 406 g/mol. The number of likely N-dealkylation sites (tertiary alicyclic amines) is 1. The molecule has 0 unspecified atom stereocenters. The van der Waals surface area contributed by atoms with Crippen LogP contribution in [0.1, 0.15) is 48.0 Å². The number of nitrogens with zero attached hydrogens (tertiary/aromatic N) is 2. The van der Waals surface area contributed by atoms with E-state index >= 15 is 0 Å². The number of aromatic nitrogens is 1. The molecule has 1 amide bonds. The van der Waals surface area contributed by atoms with Crippen LogP contribution in [0.25, 0.3) is 0 Å². The van der Waals surface area contributed by atoms with E-state index in [0.717, 1.165) is 43.2 Å². The fourth-order valence-corrected chi connectivity index (χ4v) is 4.29. The van der Waals surface area contributed by atoms with E-state index in [1.165, 1.54) is 25.8 Å². The maximum absolute atomic E-state index is 12.5. The molecule has 30 heavy (non-hydrogen) atoms. The third kappa shape index (κ3) is 5.92. The van der Waals surface area contributed by atoms with Crippen LogP contribution in [0.15, 0.2) is 60.9 Å². The van der Waals surface area contributed by atoms with Gasteiger partial charge in [0.05, 0.1) is 0 Å². The van der Waals surface area contributed by atoms with E-state index in [2.05, 4.69) is 27.4 Å². The Morgan fingerprint density at radius 2 is 2.03 bits per heavy atom. The molecule has 1 N–H and O–H groups in total. The summed E-state index contributed by atoms with van der Waals surface area (Å²) < 4.78 is 6.22. The number of allylic oxidation sites excluding steroid dienone is 2. The van der Waals surface area contributed by atoms with E-state index in [1.54, 1.807) is 12.4 Å². The summed E-state index contributed by atoms with van der Waals surface area (Å²) in [6, 6.07) is 11.3. The third-order valence-electron chi connectivity index (χ3n) is 6.00. The van der Waals surface area contributed by atoms with Crippen LogP contribution in [-0.4, -0.2) is 41.5 Å². The lowest BCUT2D eigenvalue weighted by Gasteiger charge is -2.34. The SMILES string of the molecule is O=C(NCc1cccnc1)c1cccc(OC2CCN(C[C@H]3CC=CCC3)CC2)c1. The zero-order valence-electron chi connectivity index (χ0n) is 17.5. The fourth-order valence-electron chi connectivity index (χ4n) is 4.29. The molecule has 2 aromatic rings. The summed E-state index contributed by atoms with van der Waals surface area (Å²) in [5, 5.41) is 2.94. The third-order valence-corrected chi connectivity index (χ3v) is 6.00. The molecule has 4 rings (SSSR count). The molecule has 1 saturated heterocycles. The number of nitrogens with one attached hydrogen (secondary N) is 1. The summed E-state index contributed by atoms with van der Waals surface area (Å²) in [5.41, 5.74) is 1.61. The predicted octanol–water partition coefficient (Wildman–Crippen LogP) is 4.21. The highest BCUT2D eigenvalue weighted by molar-refractivity contribution is 5.94. The molecule has 1 atom stereocenters. The molecule has 1 aromatic heterocycles. The Kier molecular flexibility index (Phi) is 7.14. The van der Waals surface area contributed by atoms with Crippen LogP contribution in [0, 0.1) is 5.92 Å². The lowest BCUT2D eigenvalue weighted by molar-refractivity contribution is 0.0892. The van der Waals surface area contributed by atoms with Gasteiger partial charge in [-0.1, -0.05) is 24.3 Å². The van der Waals surface area contributed by atoms with Crippen LogP contribution >= 0.6 is 0 Å². The minimum atomic E-state index is -0.0966. The number of amides is 1. The van der Waals surface area contributed by atoms with E-state index in [1.807, 2.05) is 36.4 Å². The quantitative estimate of drug-likeness (QED) is 0.701. The summed E-state index contributed by atoms with van der Waals surface area (Å²) in [4.78, 5) is 19.2. The van der Waals surface area contributed by atoms with Crippen LogP contribution < -0.4 is 10.1 Å². The first kappa shape index (κ1) is 20.6. The van der Waals surface area contributed by atoms with Gasteiger partial charge in [0.25, 0.3) is 5.91 Å². The summed E-state index contributed by atoms with van der Waals surface area (Å²) in [6.07, 6.45) is 14.2. The van der Waals surface area contributed by atoms with Crippen molar-refractivity contribution in [2.45, 2.75) is 44.8 Å². The van der Waals surface area contributed by atoms with Crippen LogP contribution in [0.3, 0.4) is 0 Å². The van der Waals surface area contributed by atoms with Crippen LogP contribution in [-0.2, 0) is 6.54 Å². The Hall–Kier alpha value is -2.66. The molecule has 0 saturated carbocycles.